The lowest BCUT2D eigenvalue weighted by atomic mass is 9.97. The molecule has 4 nitrogen and oxygen atoms in total. The molecule has 2 aromatic rings. The van der Waals surface area contributed by atoms with E-state index in [9.17, 15) is 18.4 Å². The van der Waals surface area contributed by atoms with Crippen LogP contribution in [0.5, 0.6) is 0 Å². The topological polar surface area (TPSA) is 62.8 Å². The standard InChI is InChI=1S/C17H18F2N2O2S/c1-8-5-10(3)12(6-9(8)2)15(23)11(4)24-17-20-13(16(18)19)7-14(22)21-17/h5-7,11,16H,1-4H3,(H,20,21,22). The molecule has 0 aliphatic heterocycles. The second kappa shape index (κ2) is 7.25. The molecular weight excluding hydrogens is 334 g/mol. The van der Waals surface area contributed by atoms with E-state index in [0.717, 1.165) is 34.5 Å². The third-order valence-corrected chi connectivity index (χ3v) is 4.71. The number of H-pyrrole nitrogens is 1. The van der Waals surface area contributed by atoms with Crippen LogP contribution in [0, 0.1) is 20.8 Å². The maximum atomic E-state index is 12.7. The third-order valence-electron chi connectivity index (χ3n) is 3.73. The average Bonchev–Trinajstić information content (AvgIpc) is 2.49. The van der Waals surface area contributed by atoms with E-state index in [2.05, 4.69) is 9.97 Å². The first-order valence-electron chi connectivity index (χ1n) is 7.37. The predicted molar refractivity (Wildman–Crippen MR) is 90.1 cm³/mol. The van der Waals surface area contributed by atoms with Crippen LogP contribution in [-0.4, -0.2) is 21.0 Å². The van der Waals surface area contributed by atoms with Crippen LogP contribution >= 0.6 is 11.8 Å². The van der Waals surface area contributed by atoms with Crippen molar-refractivity contribution in [3.63, 3.8) is 0 Å². The smallest absolute Gasteiger partial charge is 0.280 e. The Labute approximate surface area is 142 Å². The number of halogens is 2. The number of nitrogens with zero attached hydrogens (tertiary/aromatic N) is 1. The maximum absolute atomic E-state index is 12.7. The zero-order valence-corrected chi connectivity index (χ0v) is 14.6. The molecule has 2 rings (SSSR count). The van der Waals surface area contributed by atoms with Gasteiger partial charge in [0.2, 0.25) is 0 Å². The fraction of sp³-hybridized carbons (Fsp3) is 0.353. The van der Waals surface area contributed by atoms with Gasteiger partial charge in [0.05, 0.1) is 5.25 Å². The fourth-order valence-corrected chi connectivity index (χ4v) is 3.17. The molecule has 0 radical (unpaired) electrons. The van der Waals surface area contributed by atoms with Gasteiger partial charge in [-0.05, 0) is 50.5 Å². The molecule has 0 bridgehead atoms. The molecule has 0 aliphatic carbocycles. The summed E-state index contributed by atoms with van der Waals surface area (Å²) in [6, 6.07) is 4.53. The van der Waals surface area contributed by atoms with Crippen molar-refractivity contribution in [1.82, 2.24) is 9.97 Å². The number of nitrogens with one attached hydrogen (secondary N) is 1. The number of thioether (sulfide) groups is 1. The molecule has 128 valence electrons. The number of benzene rings is 1. The minimum absolute atomic E-state index is 0.0140. The van der Waals surface area contributed by atoms with Gasteiger partial charge in [-0.25, -0.2) is 13.8 Å². The van der Waals surface area contributed by atoms with Gasteiger partial charge in [-0.3, -0.25) is 9.59 Å². The van der Waals surface area contributed by atoms with E-state index in [1.807, 2.05) is 32.9 Å². The molecule has 24 heavy (non-hydrogen) atoms. The van der Waals surface area contributed by atoms with Crippen LogP contribution in [0.3, 0.4) is 0 Å². The highest BCUT2D eigenvalue weighted by Gasteiger charge is 2.21. The number of aryl methyl sites for hydroxylation is 3. The van der Waals surface area contributed by atoms with E-state index >= 15 is 0 Å². The first-order chi connectivity index (χ1) is 11.2. The predicted octanol–water partition coefficient (Wildman–Crippen LogP) is 4.00. The Morgan fingerprint density at radius 2 is 1.75 bits per heavy atom. The number of carbonyl (C=O) groups excluding carboxylic acids is 1. The Bertz CT molecular complexity index is 834. The van der Waals surface area contributed by atoms with Gasteiger partial charge in [-0.2, -0.15) is 0 Å². The van der Waals surface area contributed by atoms with Crippen molar-refractivity contribution >= 4 is 17.5 Å². The van der Waals surface area contributed by atoms with Crippen molar-refractivity contribution in [1.29, 1.82) is 0 Å². The number of rotatable bonds is 5. The number of aromatic nitrogens is 2. The Morgan fingerprint density at radius 1 is 1.12 bits per heavy atom. The van der Waals surface area contributed by atoms with Gasteiger partial charge in [0.15, 0.2) is 10.9 Å². The van der Waals surface area contributed by atoms with Crippen LogP contribution in [0.4, 0.5) is 8.78 Å². The molecule has 7 heteroatoms. The summed E-state index contributed by atoms with van der Waals surface area (Å²) >= 11 is 0.961. The number of ketones is 1. The van der Waals surface area contributed by atoms with Crippen LogP contribution in [-0.2, 0) is 0 Å². The Morgan fingerprint density at radius 3 is 2.38 bits per heavy atom. The largest absolute Gasteiger partial charge is 0.301 e. The van der Waals surface area contributed by atoms with E-state index < -0.39 is 22.9 Å². The minimum atomic E-state index is -2.83. The third kappa shape index (κ3) is 4.08. The molecule has 1 heterocycles. The Hall–Kier alpha value is -2.02. The summed E-state index contributed by atoms with van der Waals surface area (Å²) in [4.78, 5) is 30.2. The fourth-order valence-electron chi connectivity index (χ4n) is 2.29. The Balaban J connectivity index is 2.27. The van der Waals surface area contributed by atoms with Crippen molar-refractivity contribution in [2.75, 3.05) is 0 Å². The summed E-state index contributed by atoms with van der Waals surface area (Å²) in [5, 5.41) is -0.554. The van der Waals surface area contributed by atoms with E-state index in [-0.39, 0.29) is 10.9 Å². The van der Waals surface area contributed by atoms with E-state index in [0.29, 0.717) is 5.56 Å². The van der Waals surface area contributed by atoms with Crippen LogP contribution in [0.1, 0.15) is 46.1 Å². The molecule has 0 spiro atoms. The monoisotopic (exact) mass is 352 g/mol. The second-order valence-electron chi connectivity index (χ2n) is 5.65. The minimum Gasteiger partial charge on any atom is -0.301 e. The molecule has 1 atom stereocenters. The quantitative estimate of drug-likeness (QED) is 0.502. The van der Waals surface area contributed by atoms with Crippen LogP contribution in [0.25, 0.3) is 0 Å². The lowest BCUT2D eigenvalue weighted by molar-refractivity contribution is 0.0993. The summed E-state index contributed by atoms with van der Waals surface area (Å²) in [6.45, 7) is 7.42. The SMILES string of the molecule is Cc1cc(C)c(C(=O)C(C)Sc2nc(C(F)F)cc(=O)[nH]2)cc1C. The lowest BCUT2D eigenvalue weighted by Crippen LogP contribution is -2.18. The van der Waals surface area contributed by atoms with Crippen LogP contribution in [0.2, 0.25) is 0 Å². The molecule has 1 aromatic carbocycles. The van der Waals surface area contributed by atoms with Crippen molar-refractivity contribution in [2.24, 2.45) is 0 Å². The molecule has 0 aliphatic rings. The highest BCUT2D eigenvalue weighted by Crippen LogP contribution is 2.26. The van der Waals surface area contributed by atoms with E-state index in [1.165, 1.54) is 0 Å². The zero-order chi connectivity index (χ0) is 18.0. The molecular formula is C17H18F2N2O2S. The maximum Gasteiger partial charge on any atom is 0.280 e. The molecule has 1 aromatic heterocycles. The molecule has 0 fully saturated rings. The second-order valence-corrected chi connectivity index (χ2v) is 6.98. The van der Waals surface area contributed by atoms with Gasteiger partial charge in [0.25, 0.3) is 12.0 Å². The van der Waals surface area contributed by atoms with Gasteiger partial charge >= 0.3 is 0 Å². The summed E-state index contributed by atoms with van der Waals surface area (Å²) in [5.41, 5.74) is 2.30. The van der Waals surface area contributed by atoms with Gasteiger partial charge in [-0.1, -0.05) is 17.8 Å². The van der Waals surface area contributed by atoms with Crippen molar-refractivity contribution in [2.45, 2.75) is 44.5 Å². The van der Waals surface area contributed by atoms with Crippen molar-refractivity contribution in [3.05, 3.63) is 56.5 Å². The van der Waals surface area contributed by atoms with E-state index in [1.54, 1.807) is 6.92 Å². The van der Waals surface area contributed by atoms with Gasteiger partial charge < -0.3 is 4.98 Å². The number of carbonyl (C=O) groups is 1. The first kappa shape index (κ1) is 18.3. The first-order valence-corrected chi connectivity index (χ1v) is 8.25. The number of Topliss-reactive ketones (excluding diaryl/α,β-unsaturated/α-hetero) is 1. The highest BCUT2D eigenvalue weighted by molar-refractivity contribution is 8.00. The number of hydrogen-bond acceptors (Lipinski definition) is 4. The van der Waals surface area contributed by atoms with E-state index in [4.69, 9.17) is 0 Å². The van der Waals surface area contributed by atoms with Crippen LogP contribution < -0.4 is 5.56 Å². The number of hydrogen-bond donors (Lipinski definition) is 1. The molecule has 1 unspecified atom stereocenters. The highest BCUT2D eigenvalue weighted by atomic mass is 32.2. The summed E-state index contributed by atoms with van der Waals surface area (Å²) in [6.07, 6.45) is -2.83. The number of aromatic amines is 1. The van der Waals surface area contributed by atoms with Crippen molar-refractivity contribution < 1.29 is 13.6 Å². The summed E-state index contributed by atoms with van der Waals surface area (Å²) < 4.78 is 25.5. The Kier molecular flexibility index (Phi) is 5.54. The summed E-state index contributed by atoms with van der Waals surface area (Å²) in [7, 11) is 0. The normalized spacial score (nSPS) is 12.5. The zero-order valence-electron chi connectivity index (χ0n) is 13.8. The molecule has 0 amide bonds. The number of alkyl halides is 2. The van der Waals surface area contributed by atoms with Gasteiger partial charge in [0.1, 0.15) is 5.69 Å². The summed E-state index contributed by atoms with van der Waals surface area (Å²) in [5.74, 6) is -0.134. The van der Waals surface area contributed by atoms with Gasteiger partial charge in [-0.15, -0.1) is 0 Å². The van der Waals surface area contributed by atoms with Gasteiger partial charge in [0, 0.05) is 11.6 Å². The van der Waals surface area contributed by atoms with Crippen molar-refractivity contribution in [3.8, 4) is 0 Å². The van der Waals surface area contributed by atoms with Crippen LogP contribution in [0.15, 0.2) is 28.2 Å². The molecule has 0 saturated carbocycles. The molecule has 0 saturated heterocycles. The molecule has 1 N–H and O–H groups in total. The lowest BCUT2D eigenvalue weighted by Gasteiger charge is -2.14. The average molecular weight is 352 g/mol.